The number of nitrogens with one attached hydrogen (secondary N) is 1. The zero-order chi connectivity index (χ0) is 24.9. The number of halogens is 2. The fourth-order valence-corrected chi connectivity index (χ4v) is 4.63. The number of hydrogen-bond acceptors (Lipinski definition) is 4. The number of aliphatic hydroxyl groups is 1. The smallest absolute Gasteiger partial charge is 0.387 e. The number of amides is 1. The summed E-state index contributed by atoms with van der Waals surface area (Å²) in [6.07, 6.45) is 5.90. The Bertz CT molecular complexity index is 982. The van der Waals surface area contributed by atoms with E-state index in [0.717, 1.165) is 37.7 Å². The number of aromatic nitrogens is 2. The molecular formula is C26H37F2N3O3. The van der Waals surface area contributed by atoms with Crippen molar-refractivity contribution < 1.29 is 23.4 Å². The van der Waals surface area contributed by atoms with E-state index in [0.29, 0.717) is 42.1 Å². The summed E-state index contributed by atoms with van der Waals surface area (Å²) in [5, 5.41) is 18.1. The molecule has 2 aromatic rings. The lowest BCUT2D eigenvalue weighted by molar-refractivity contribution is -0.0495. The molecular weight excluding hydrogens is 440 g/mol. The van der Waals surface area contributed by atoms with Gasteiger partial charge in [0, 0.05) is 24.2 Å². The van der Waals surface area contributed by atoms with Crippen molar-refractivity contribution in [2.75, 3.05) is 6.54 Å². The first kappa shape index (κ1) is 26.1. The Morgan fingerprint density at radius 2 is 2.03 bits per heavy atom. The topological polar surface area (TPSA) is 76.4 Å². The summed E-state index contributed by atoms with van der Waals surface area (Å²) >= 11 is 0. The molecule has 34 heavy (non-hydrogen) atoms. The van der Waals surface area contributed by atoms with Gasteiger partial charge in [0.05, 0.1) is 11.3 Å². The van der Waals surface area contributed by atoms with Gasteiger partial charge in [0.25, 0.3) is 5.91 Å². The predicted octanol–water partition coefficient (Wildman–Crippen LogP) is 5.49. The number of aryl methyl sites for hydroxylation is 2. The fraction of sp³-hybridized carbons (Fsp3) is 0.615. The fourth-order valence-electron chi connectivity index (χ4n) is 4.63. The zero-order valence-electron chi connectivity index (χ0n) is 20.7. The highest BCUT2D eigenvalue weighted by Crippen LogP contribution is 2.36. The Morgan fingerprint density at radius 1 is 1.32 bits per heavy atom. The van der Waals surface area contributed by atoms with E-state index in [-0.39, 0.29) is 23.9 Å². The van der Waals surface area contributed by atoms with E-state index in [2.05, 4.69) is 24.3 Å². The predicted molar refractivity (Wildman–Crippen MR) is 128 cm³/mol. The Balaban J connectivity index is 1.89. The van der Waals surface area contributed by atoms with Crippen LogP contribution in [0.5, 0.6) is 5.75 Å². The first-order valence-corrected chi connectivity index (χ1v) is 12.3. The van der Waals surface area contributed by atoms with Crippen molar-refractivity contribution in [3.63, 3.8) is 0 Å². The molecule has 0 saturated heterocycles. The molecule has 3 rings (SSSR count). The number of carbonyl (C=O) groups excluding carboxylic acids is 1. The van der Waals surface area contributed by atoms with Gasteiger partial charge in [-0.15, -0.1) is 0 Å². The lowest BCUT2D eigenvalue weighted by Crippen LogP contribution is -2.45. The van der Waals surface area contributed by atoms with Crippen molar-refractivity contribution >= 4 is 5.91 Å². The van der Waals surface area contributed by atoms with Crippen LogP contribution < -0.4 is 10.1 Å². The molecule has 1 heterocycles. The molecule has 0 spiro atoms. The van der Waals surface area contributed by atoms with Crippen LogP contribution in [0, 0.1) is 12.8 Å². The Hall–Kier alpha value is -2.48. The van der Waals surface area contributed by atoms with Gasteiger partial charge in [-0.05, 0) is 76.0 Å². The minimum Gasteiger partial charge on any atom is -0.434 e. The second-order valence-electron chi connectivity index (χ2n) is 9.54. The van der Waals surface area contributed by atoms with Gasteiger partial charge >= 0.3 is 6.61 Å². The van der Waals surface area contributed by atoms with E-state index in [1.165, 1.54) is 0 Å². The van der Waals surface area contributed by atoms with Crippen molar-refractivity contribution in [3.05, 3.63) is 35.0 Å². The number of nitrogens with zero attached hydrogens (tertiary/aromatic N) is 2. The van der Waals surface area contributed by atoms with Crippen molar-refractivity contribution in [2.24, 2.45) is 5.92 Å². The summed E-state index contributed by atoms with van der Waals surface area (Å²) in [5.74, 6) is 0.284. The van der Waals surface area contributed by atoms with E-state index in [1.807, 2.05) is 13.0 Å². The summed E-state index contributed by atoms with van der Waals surface area (Å²) in [6.45, 7) is 5.55. The standard InChI is InChI=1S/C26H37F2N3O3/c1-5-7-8-19-9-10-20(21(15-19)34-25(27)28)23-18(4)22(30-31(23)6-2)24(32)29-16-26(33)13-11-17(3)12-14-26/h9-10,15,17,25,33H,5-8,11-14,16H2,1-4H3,(H,29,32). The van der Waals surface area contributed by atoms with E-state index < -0.39 is 12.2 Å². The van der Waals surface area contributed by atoms with Crippen LogP contribution in [0.2, 0.25) is 0 Å². The summed E-state index contributed by atoms with van der Waals surface area (Å²) in [5.41, 5.74) is 1.89. The first-order chi connectivity index (χ1) is 16.2. The number of hydrogen-bond donors (Lipinski definition) is 2. The lowest BCUT2D eigenvalue weighted by atomic mass is 9.79. The molecule has 6 nitrogen and oxygen atoms in total. The van der Waals surface area contributed by atoms with Gasteiger partial charge < -0.3 is 15.2 Å². The van der Waals surface area contributed by atoms with Crippen LogP contribution in [0.3, 0.4) is 0 Å². The molecule has 1 aromatic carbocycles. The van der Waals surface area contributed by atoms with Crippen LogP contribution in [-0.2, 0) is 13.0 Å². The highest BCUT2D eigenvalue weighted by Gasteiger charge is 2.33. The summed E-state index contributed by atoms with van der Waals surface area (Å²) in [7, 11) is 0. The summed E-state index contributed by atoms with van der Waals surface area (Å²) in [4.78, 5) is 13.0. The van der Waals surface area contributed by atoms with Gasteiger partial charge in [0.2, 0.25) is 0 Å². The summed E-state index contributed by atoms with van der Waals surface area (Å²) < 4.78 is 33.0. The number of carbonyl (C=O) groups is 1. The molecule has 188 valence electrons. The largest absolute Gasteiger partial charge is 0.434 e. The van der Waals surface area contributed by atoms with Gasteiger partial charge in [0.1, 0.15) is 5.75 Å². The second kappa shape index (κ2) is 11.3. The van der Waals surface area contributed by atoms with E-state index in [4.69, 9.17) is 4.74 Å². The van der Waals surface area contributed by atoms with E-state index in [9.17, 15) is 18.7 Å². The van der Waals surface area contributed by atoms with Crippen LogP contribution in [0.25, 0.3) is 11.3 Å². The third-order valence-electron chi connectivity index (χ3n) is 6.82. The van der Waals surface area contributed by atoms with Crippen molar-refractivity contribution in [1.82, 2.24) is 15.1 Å². The van der Waals surface area contributed by atoms with Crippen LogP contribution in [-0.4, -0.2) is 39.6 Å². The van der Waals surface area contributed by atoms with Gasteiger partial charge in [-0.25, -0.2) is 0 Å². The number of benzene rings is 1. The molecule has 1 aromatic heterocycles. The van der Waals surface area contributed by atoms with E-state index >= 15 is 0 Å². The summed E-state index contributed by atoms with van der Waals surface area (Å²) in [6, 6.07) is 5.34. The Kier molecular flexibility index (Phi) is 8.68. The average molecular weight is 478 g/mol. The third kappa shape index (κ3) is 6.14. The van der Waals surface area contributed by atoms with Crippen LogP contribution >= 0.6 is 0 Å². The molecule has 0 unspecified atom stereocenters. The minimum absolute atomic E-state index is 0.0823. The first-order valence-electron chi connectivity index (χ1n) is 12.3. The van der Waals surface area contributed by atoms with Gasteiger partial charge in [0.15, 0.2) is 5.69 Å². The van der Waals surface area contributed by atoms with Gasteiger partial charge in [-0.1, -0.05) is 26.3 Å². The van der Waals surface area contributed by atoms with Crippen LogP contribution in [0.1, 0.15) is 80.9 Å². The molecule has 0 radical (unpaired) electrons. The molecule has 1 aliphatic carbocycles. The highest BCUT2D eigenvalue weighted by molar-refractivity contribution is 5.95. The SMILES string of the molecule is CCCCc1ccc(-c2c(C)c(C(=O)NCC3(O)CCC(C)CC3)nn2CC)c(OC(F)F)c1. The molecule has 1 amide bonds. The maximum atomic E-state index is 13.2. The Labute approximate surface area is 200 Å². The normalized spacial score (nSPS) is 20.5. The van der Waals surface area contributed by atoms with Gasteiger partial charge in [-0.3, -0.25) is 9.48 Å². The maximum absolute atomic E-state index is 13.2. The molecule has 0 bridgehead atoms. The number of ether oxygens (including phenoxy) is 1. The highest BCUT2D eigenvalue weighted by atomic mass is 19.3. The van der Waals surface area contributed by atoms with Crippen LogP contribution in [0.15, 0.2) is 18.2 Å². The molecule has 1 fully saturated rings. The third-order valence-corrected chi connectivity index (χ3v) is 6.82. The van der Waals surface area contributed by atoms with Crippen molar-refractivity contribution in [3.8, 4) is 17.0 Å². The number of unbranched alkanes of at least 4 members (excludes halogenated alkanes) is 1. The Morgan fingerprint density at radius 3 is 2.65 bits per heavy atom. The lowest BCUT2D eigenvalue weighted by Gasteiger charge is -2.34. The maximum Gasteiger partial charge on any atom is 0.387 e. The average Bonchev–Trinajstić information content (AvgIpc) is 3.14. The number of alkyl halides is 2. The number of rotatable bonds is 10. The van der Waals surface area contributed by atoms with Crippen LogP contribution in [0.4, 0.5) is 8.78 Å². The van der Waals surface area contributed by atoms with Crippen molar-refractivity contribution in [2.45, 2.75) is 91.4 Å². The molecule has 2 N–H and O–H groups in total. The van der Waals surface area contributed by atoms with Gasteiger partial charge in [-0.2, -0.15) is 13.9 Å². The molecule has 0 atom stereocenters. The quantitative estimate of drug-likeness (QED) is 0.474. The zero-order valence-corrected chi connectivity index (χ0v) is 20.7. The molecule has 0 aliphatic heterocycles. The molecule has 8 heteroatoms. The molecule has 1 aliphatic rings. The minimum atomic E-state index is -2.96. The molecule has 1 saturated carbocycles. The second-order valence-corrected chi connectivity index (χ2v) is 9.54. The van der Waals surface area contributed by atoms with E-state index in [1.54, 1.807) is 23.7 Å². The van der Waals surface area contributed by atoms with Crippen molar-refractivity contribution in [1.29, 1.82) is 0 Å². The monoisotopic (exact) mass is 477 g/mol.